The summed E-state index contributed by atoms with van der Waals surface area (Å²) < 4.78 is 36.5. The Kier molecular flexibility index (Phi) is 10.2. The smallest absolute Gasteiger partial charge is 0.333 e. The van der Waals surface area contributed by atoms with Crippen molar-refractivity contribution in [1.82, 2.24) is 24.6 Å². The monoisotopic (exact) mass is 834 g/mol. The predicted molar refractivity (Wildman–Crippen MR) is 234 cm³/mol. The number of aromatic nitrogens is 3. The molecule has 1 aromatic carbocycles. The average Bonchev–Trinajstić information content (AvgIpc) is 3.74. The summed E-state index contributed by atoms with van der Waals surface area (Å²) in [7, 11) is 3.53. The Labute approximate surface area is 359 Å². The van der Waals surface area contributed by atoms with E-state index in [4.69, 9.17) is 33.8 Å². The summed E-state index contributed by atoms with van der Waals surface area (Å²) in [6.07, 6.45) is 15.0. The van der Waals surface area contributed by atoms with E-state index in [1.165, 1.54) is 12.7 Å². The minimum absolute atomic E-state index is 0.0540. The van der Waals surface area contributed by atoms with Crippen molar-refractivity contribution >= 4 is 29.5 Å². The van der Waals surface area contributed by atoms with Gasteiger partial charge in [-0.1, -0.05) is 29.4 Å². The fourth-order valence-corrected chi connectivity index (χ4v) is 11.2. The van der Waals surface area contributed by atoms with Crippen LogP contribution in [-0.2, 0) is 25.5 Å². The molecular formula is C48H62N6O7. The van der Waals surface area contributed by atoms with Crippen LogP contribution in [0.4, 0.5) is 5.95 Å². The van der Waals surface area contributed by atoms with Crippen molar-refractivity contribution in [2.45, 2.75) is 116 Å². The zero-order valence-corrected chi connectivity index (χ0v) is 37.6. The lowest BCUT2D eigenvalue weighted by atomic mass is 9.47. The van der Waals surface area contributed by atoms with Crippen molar-refractivity contribution in [2.24, 2.45) is 11.8 Å². The number of methoxy groups -OCH3 is 1. The van der Waals surface area contributed by atoms with Gasteiger partial charge in [0.2, 0.25) is 5.95 Å². The quantitative estimate of drug-likeness (QED) is 0.133. The van der Waals surface area contributed by atoms with Gasteiger partial charge in [-0.15, -0.1) is 0 Å². The van der Waals surface area contributed by atoms with Crippen molar-refractivity contribution in [3.63, 3.8) is 0 Å². The summed E-state index contributed by atoms with van der Waals surface area (Å²) in [5.74, 6) is 1.35. The summed E-state index contributed by atoms with van der Waals surface area (Å²) in [6, 6.07) is -0.470. The summed E-state index contributed by atoms with van der Waals surface area (Å²) in [4.78, 5) is 37.9. The van der Waals surface area contributed by atoms with Crippen molar-refractivity contribution in [1.29, 1.82) is 0 Å². The van der Waals surface area contributed by atoms with Gasteiger partial charge in [0.15, 0.2) is 17.0 Å². The number of carbonyl (C=O) groups excluding carboxylic acids is 2. The van der Waals surface area contributed by atoms with Crippen molar-refractivity contribution in [2.75, 3.05) is 58.8 Å². The number of allylic oxidation sites excluding steroid dienone is 4. The van der Waals surface area contributed by atoms with Crippen LogP contribution in [0.3, 0.4) is 0 Å². The summed E-state index contributed by atoms with van der Waals surface area (Å²) in [6.45, 7) is 21.6. The molecule has 0 amide bonds. The van der Waals surface area contributed by atoms with Crippen LogP contribution in [-0.4, -0.2) is 112 Å². The zero-order valence-electron chi connectivity index (χ0n) is 37.6. The second-order valence-electron chi connectivity index (χ2n) is 19.4. The standard InChI is InChI=1S/C48H62N6O7/c1-28(2)12-11-17-46(8)18-16-32-39(59-46)31(14-13-29(3)4)41-35(40(32)58-25-24-53-22-20-52(9)21-23-53)37-36-38(54-44(51-37)49-27-50-54)33-26-34-45(6,7)61-47(42(33)55,48(34,36)60-41)19-15-30(5)43(56)57-10/h12-13,15-16,18,27,33-34,38H,11,14,17,19-26H2,1-10H3,(H,49,50,51)/b30-15-. The van der Waals surface area contributed by atoms with E-state index in [-0.39, 0.29) is 18.1 Å². The first-order chi connectivity index (χ1) is 29.0. The summed E-state index contributed by atoms with van der Waals surface area (Å²) >= 11 is 0. The van der Waals surface area contributed by atoms with Gasteiger partial charge in [-0.25, -0.2) is 9.48 Å². The highest BCUT2D eigenvalue weighted by atomic mass is 16.6. The number of nitrogens with zero attached hydrogens (tertiary/aromatic N) is 5. The molecule has 6 heterocycles. The fourth-order valence-electron chi connectivity index (χ4n) is 11.2. The van der Waals surface area contributed by atoms with E-state index < -0.39 is 40.3 Å². The molecule has 5 aliphatic heterocycles. The molecule has 0 radical (unpaired) electrons. The number of carbonyl (C=O) groups is 2. The fraction of sp³-hybridized carbons (Fsp3) is 0.583. The van der Waals surface area contributed by atoms with Crippen LogP contribution in [0.2, 0.25) is 0 Å². The molecule has 326 valence electrons. The molecule has 1 N–H and O–H groups in total. The molecule has 5 fully saturated rings. The summed E-state index contributed by atoms with van der Waals surface area (Å²) in [5.41, 5.74) is 2.96. The number of rotatable bonds is 12. The Bertz CT molecular complexity index is 2320. The molecule has 2 aromatic rings. The van der Waals surface area contributed by atoms with Crippen molar-refractivity contribution < 1.29 is 33.3 Å². The number of nitrogens with one attached hydrogen (secondary N) is 1. The number of hydrogen-bond donors (Lipinski definition) is 1. The average molecular weight is 835 g/mol. The molecule has 61 heavy (non-hydrogen) atoms. The number of Topliss-reactive ketones (excluding diaryl/α,β-unsaturated/α-hetero) is 1. The third kappa shape index (κ3) is 6.43. The number of piperazine rings is 1. The third-order valence-corrected chi connectivity index (χ3v) is 14.3. The van der Waals surface area contributed by atoms with Gasteiger partial charge >= 0.3 is 5.97 Å². The normalized spacial score (nSPS) is 30.3. The van der Waals surface area contributed by atoms with E-state index in [0.29, 0.717) is 42.5 Å². The molecular weight excluding hydrogens is 773 g/mol. The third-order valence-electron chi connectivity index (χ3n) is 14.3. The molecule has 1 spiro atoms. The van der Waals surface area contributed by atoms with Crippen LogP contribution in [0, 0.1) is 11.8 Å². The predicted octanol–water partition coefficient (Wildman–Crippen LogP) is 7.11. The highest BCUT2D eigenvalue weighted by Gasteiger charge is 2.84. The molecule has 3 aliphatic carbocycles. The maximum Gasteiger partial charge on any atom is 0.333 e. The lowest BCUT2D eigenvalue weighted by Crippen LogP contribution is -2.75. The van der Waals surface area contributed by atoms with Crippen LogP contribution >= 0.6 is 0 Å². The van der Waals surface area contributed by atoms with Crippen molar-refractivity contribution in [3.05, 3.63) is 69.6 Å². The molecule has 8 aliphatic rings. The number of ketones is 1. The van der Waals surface area contributed by atoms with Crippen LogP contribution < -0.4 is 19.5 Å². The lowest BCUT2D eigenvalue weighted by molar-refractivity contribution is -0.181. The highest BCUT2D eigenvalue weighted by molar-refractivity contribution is 6.02. The van der Waals surface area contributed by atoms with Gasteiger partial charge in [0.25, 0.3) is 0 Å². The minimum atomic E-state index is -1.47. The van der Waals surface area contributed by atoms with Gasteiger partial charge in [0, 0.05) is 67.7 Å². The zero-order chi connectivity index (χ0) is 43.2. The van der Waals surface area contributed by atoms with Gasteiger partial charge in [-0.05, 0) is 100 Å². The Morgan fingerprint density at radius 1 is 1.02 bits per heavy atom. The molecule has 2 saturated heterocycles. The Morgan fingerprint density at radius 3 is 2.49 bits per heavy atom. The molecule has 13 heteroatoms. The van der Waals surface area contributed by atoms with E-state index in [1.807, 2.05) is 4.68 Å². The number of likely N-dealkylation sites (N-methyl/N-ethyl adjacent to an activating group) is 1. The molecule has 10 rings (SSSR count). The number of fused-ring (bicyclic) bond motifs is 4. The topological polar surface area (TPSA) is 130 Å². The Balaban J connectivity index is 1.30. The number of esters is 1. The van der Waals surface area contributed by atoms with Crippen molar-refractivity contribution in [3.8, 4) is 17.2 Å². The molecule has 3 saturated carbocycles. The molecule has 6 unspecified atom stereocenters. The van der Waals surface area contributed by atoms with E-state index in [2.05, 4.69) is 94.9 Å². The molecule has 4 bridgehead atoms. The summed E-state index contributed by atoms with van der Waals surface area (Å²) in [5, 5.41) is 8.49. The van der Waals surface area contributed by atoms with E-state index in [1.54, 1.807) is 19.3 Å². The van der Waals surface area contributed by atoms with Gasteiger partial charge in [-0.2, -0.15) is 10.1 Å². The van der Waals surface area contributed by atoms with Gasteiger partial charge < -0.3 is 33.9 Å². The van der Waals surface area contributed by atoms with Crippen LogP contribution in [0.15, 0.2) is 52.9 Å². The Morgan fingerprint density at radius 2 is 1.77 bits per heavy atom. The largest absolute Gasteiger partial charge is 0.491 e. The van der Waals surface area contributed by atoms with Gasteiger partial charge in [0.05, 0.1) is 35.6 Å². The van der Waals surface area contributed by atoms with Gasteiger partial charge in [-0.3, -0.25) is 9.69 Å². The van der Waals surface area contributed by atoms with Crippen LogP contribution in [0.25, 0.3) is 11.8 Å². The van der Waals surface area contributed by atoms with Crippen LogP contribution in [0.1, 0.15) is 104 Å². The SMILES string of the molecule is COC(=O)/C(C)=C\CC12OC(C)(C)C3CC(C1=O)C1C4=C(Nc5ncnn51)c1c(OCCN5CCN(C)CC5)c5c(c(CC=C(C)C)c1OC432)OC(C)(CCC=C(C)C)C=C5. The highest BCUT2D eigenvalue weighted by Crippen LogP contribution is 2.74. The maximum atomic E-state index is 15.5. The lowest BCUT2D eigenvalue weighted by Gasteiger charge is -2.62. The van der Waals surface area contributed by atoms with E-state index in [0.717, 1.165) is 84.8 Å². The molecule has 13 nitrogen and oxygen atoms in total. The van der Waals surface area contributed by atoms with E-state index >= 15 is 4.79 Å². The van der Waals surface area contributed by atoms with E-state index in [9.17, 15) is 4.79 Å². The second-order valence-corrected chi connectivity index (χ2v) is 19.4. The first-order valence-corrected chi connectivity index (χ1v) is 22.1. The molecule has 6 atom stereocenters. The number of benzene rings is 1. The van der Waals surface area contributed by atoms with Gasteiger partial charge in [0.1, 0.15) is 35.8 Å². The Hall–Kier alpha value is -4.72. The maximum absolute atomic E-state index is 15.5. The number of anilines is 1. The second kappa shape index (κ2) is 15.0. The first-order valence-electron chi connectivity index (χ1n) is 22.1. The first kappa shape index (κ1) is 41.6. The minimum Gasteiger partial charge on any atom is -0.491 e. The number of ether oxygens (including phenoxy) is 5. The van der Waals surface area contributed by atoms with Crippen LogP contribution in [0.5, 0.6) is 17.2 Å². The molecule has 1 aromatic heterocycles. The number of hydrogen-bond acceptors (Lipinski definition) is 12.